The molecule has 0 spiro atoms. The highest BCUT2D eigenvalue weighted by molar-refractivity contribution is 5.59. The molecule has 0 bridgehead atoms. The molecule has 0 radical (unpaired) electrons. The minimum Gasteiger partial charge on any atom is -0.468 e. The van der Waals surface area contributed by atoms with E-state index in [0.717, 1.165) is 0 Å². The number of hydrogen-bond donors (Lipinski definition) is 0. The first-order valence-corrected chi connectivity index (χ1v) is 4.80. The van der Waals surface area contributed by atoms with Crippen LogP contribution in [0.5, 0.6) is 11.5 Å². The van der Waals surface area contributed by atoms with Crippen LogP contribution in [0.25, 0.3) is 4.85 Å². The molecule has 0 aliphatic carbocycles. The fourth-order valence-electron chi connectivity index (χ4n) is 1.32. The SMILES string of the molecule is [C-]#[N+]c1c(F)cccc1Oc1ccc(F)cc1. The van der Waals surface area contributed by atoms with Crippen LogP contribution >= 0.6 is 0 Å². The van der Waals surface area contributed by atoms with Gasteiger partial charge in [-0.2, -0.15) is 0 Å². The molecule has 0 unspecified atom stereocenters. The van der Waals surface area contributed by atoms with Gasteiger partial charge in [0.2, 0.25) is 0 Å². The van der Waals surface area contributed by atoms with Crippen LogP contribution in [0, 0.1) is 18.2 Å². The van der Waals surface area contributed by atoms with Crippen molar-refractivity contribution in [2.45, 2.75) is 0 Å². The van der Waals surface area contributed by atoms with E-state index in [2.05, 4.69) is 4.85 Å². The van der Waals surface area contributed by atoms with Crippen molar-refractivity contribution in [2.24, 2.45) is 0 Å². The number of nitrogens with zero attached hydrogens (tertiary/aromatic N) is 1. The minimum absolute atomic E-state index is 0.117. The molecule has 0 saturated heterocycles. The Morgan fingerprint density at radius 3 is 2.35 bits per heavy atom. The average molecular weight is 231 g/mol. The third-order valence-electron chi connectivity index (χ3n) is 2.10. The lowest BCUT2D eigenvalue weighted by Gasteiger charge is -2.07. The molecule has 0 N–H and O–H groups in total. The summed E-state index contributed by atoms with van der Waals surface area (Å²) in [6.45, 7) is 6.87. The maximum absolute atomic E-state index is 13.3. The number of rotatable bonds is 2. The van der Waals surface area contributed by atoms with E-state index >= 15 is 0 Å². The van der Waals surface area contributed by atoms with Gasteiger partial charge in [-0.3, -0.25) is 0 Å². The lowest BCUT2D eigenvalue weighted by atomic mass is 10.3. The average Bonchev–Trinajstić information content (AvgIpc) is 2.32. The van der Waals surface area contributed by atoms with Gasteiger partial charge in [0.25, 0.3) is 5.69 Å². The molecule has 17 heavy (non-hydrogen) atoms. The third-order valence-corrected chi connectivity index (χ3v) is 2.10. The summed E-state index contributed by atoms with van der Waals surface area (Å²) in [4.78, 5) is 3.06. The van der Waals surface area contributed by atoms with Crippen LogP contribution < -0.4 is 4.74 Å². The first-order chi connectivity index (χ1) is 8.20. The Bertz CT molecular complexity index is 573. The van der Waals surface area contributed by atoms with Crippen molar-refractivity contribution >= 4 is 5.69 Å². The van der Waals surface area contributed by atoms with E-state index in [1.54, 1.807) is 0 Å². The topological polar surface area (TPSA) is 13.6 Å². The van der Waals surface area contributed by atoms with Crippen LogP contribution in [0.4, 0.5) is 14.5 Å². The van der Waals surface area contributed by atoms with Crippen LogP contribution in [-0.4, -0.2) is 0 Å². The van der Waals surface area contributed by atoms with Gasteiger partial charge in [-0.1, -0.05) is 6.07 Å². The van der Waals surface area contributed by atoms with Gasteiger partial charge in [-0.15, -0.1) is 0 Å². The van der Waals surface area contributed by atoms with Crippen LogP contribution in [0.3, 0.4) is 0 Å². The molecule has 0 saturated carbocycles. The Morgan fingerprint density at radius 1 is 1.00 bits per heavy atom. The van der Waals surface area contributed by atoms with Crippen LogP contribution in [-0.2, 0) is 0 Å². The van der Waals surface area contributed by atoms with E-state index in [0.29, 0.717) is 5.75 Å². The van der Waals surface area contributed by atoms with Crippen molar-refractivity contribution in [1.82, 2.24) is 0 Å². The second-order valence-electron chi connectivity index (χ2n) is 3.25. The van der Waals surface area contributed by atoms with E-state index in [9.17, 15) is 8.78 Å². The van der Waals surface area contributed by atoms with Gasteiger partial charge in [-0.25, -0.2) is 13.6 Å². The summed E-state index contributed by atoms with van der Waals surface area (Å²) in [5, 5.41) is 0. The summed E-state index contributed by atoms with van der Waals surface area (Å²) in [5.41, 5.74) is -0.183. The number of para-hydroxylation sites is 1. The number of halogens is 2. The summed E-state index contributed by atoms with van der Waals surface area (Å²) in [6.07, 6.45) is 0. The van der Waals surface area contributed by atoms with Gasteiger partial charge in [-0.05, 0) is 36.4 Å². The van der Waals surface area contributed by atoms with Crippen LogP contribution in [0.15, 0.2) is 42.5 Å². The van der Waals surface area contributed by atoms with E-state index < -0.39 is 5.82 Å². The Kier molecular flexibility index (Phi) is 3.01. The molecule has 2 aromatic carbocycles. The van der Waals surface area contributed by atoms with Crippen molar-refractivity contribution in [3.05, 3.63) is 65.5 Å². The van der Waals surface area contributed by atoms with Gasteiger partial charge in [0.15, 0.2) is 0 Å². The maximum atomic E-state index is 13.3. The van der Waals surface area contributed by atoms with E-state index in [1.807, 2.05) is 0 Å². The van der Waals surface area contributed by atoms with Gasteiger partial charge >= 0.3 is 0 Å². The Labute approximate surface area is 96.9 Å². The first-order valence-electron chi connectivity index (χ1n) is 4.80. The molecule has 2 aromatic rings. The predicted octanol–water partition coefficient (Wildman–Crippen LogP) is 4.31. The molecule has 0 aliphatic heterocycles. The molecule has 84 valence electrons. The van der Waals surface area contributed by atoms with Crippen molar-refractivity contribution in [2.75, 3.05) is 0 Å². The predicted molar refractivity (Wildman–Crippen MR) is 59.1 cm³/mol. The zero-order valence-electron chi connectivity index (χ0n) is 8.65. The molecule has 0 aromatic heterocycles. The Morgan fingerprint density at radius 2 is 1.71 bits per heavy atom. The summed E-state index contributed by atoms with van der Waals surface area (Å²) >= 11 is 0. The summed E-state index contributed by atoms with van der Waals surface area (Å²) in [5.74, 6) is -0.560. The van der Waals surface area contributed by atoms with Gasteiger partial charge in [0.1, 0.15) is 23.1 Å². The number of hydrogen-bond acceptors (Lipinski definition) is 1. The standard InChI is InChI=1S/C13H7F2NO/c1-16-13-11(15)3-2-4-12(13)17-10-7-5-9(14)6-8-10/h2-8H. The molecular formula is C13H7F2NO. The van der Waals surface area contributed by atoms with Crippen molar-refractivity contribution in [3.63, 3.8) is 0 Å². The molecule has 0 aliphatic rings. The highest BCUT2D eigenvalue weighted by atomic mass is 19.1. The van der Waals surface area contributed by atoms with E-state index in [1.165, 1.54) is 42.5 Å². The molecule has 2 rings (SSSR count). The second-order valence-corrected chi connectivity index (χ2v) is 3.25. The molecule has 2 nitrogen and oxygen atoms in total. The molecule has 4 heteroatoms. The monoisotopic (exact) mass is 231 g/mol. The third kappa shape index (κ3) is 2.40. The fraction of sp³-hybridized carbons (Fsp3) is 0. The molecule has 0 atom stereocenters. The zero-order valence-corrected chi connectivity index (χ0v) is 8.65. The zero-order chi connectivity index (χ0) is 12.3. The summed E-state index contributed by atoms with van der Waals surface area (Å²) in [6, 6.07) is 9.40. The number of ether oxygens (including phenoxy) is 1. The molecule has 0 amide bonds. The Balaban J connectivity index is 2.34. The molecule has 0 fully saturated rings. The lowest BCUT2D eigenvalue weighted by Crippen LogP contribution is -1.86. The molecule has 0 heterocycles. The van der Waals surface area contributed by atoms with Crippen molar-refractivity contribution in [3.8, 4) is 11.5 Å². The lowest BCUT2D eigenvalue weighted by molar-refractivity contribution is 0.479. The number of benzene rings is 2. The van der Waals surface area contributed by atoms with E-state index in [4.69, 9.17) is 11.3 Å². The highest BCUT2D eigenvalue weighted by Gasteiger charge is 2.10. The van der Waals surface area contributed by atoms with Crippen LogP contribution in [0.1, 0.15) is 0 Å². The Hall–Kier alpha value is -2.41. The highest BCUT2D eigenvalue weighted by Crippen LogP contribution is 2.33. The van der Waals surface area contributed by atoms with Gasteiger partial charge in [0.05, 0.1) is 6.57 Å². The normalized spacial score (nSPS) is 9.71. The van der Waals surface area contributed by atoms with Crippen LogP contribution in [0.2, 0.25) is 0 Å². The summed E-state index contributed by atoms with van der Waals surface area (Å²) in [7, 11) is 0. The summed E-state index contributed by atoms with van der Waals surface area (Å²) < 4.78 is 31.3. The first kappa shape index (κ1) is 11.1. The quantitative estimate of drug-likeness (QED) is 0.702. The maximum Gasteiger partial charge on any atom is 0.263 e. The minimum atomic E-state index is -0.639. The largest absolute Gasteiger partial charge is 0.468 e. The second kappa shape index (κ2) is 4.62. The fourth-order valence-corrected chi connectivity index (χ4v) is 1.32. The molecular weight excluding hydrogens is 224 g/mol. The smallest absolute Gasteiger partial charge is 0.263 e. The van der Waals surface area contributed by atoms with Crippen molar-refractivity contribution in [1.29, 1.82) is 0 Å². The van der Waals surface area contributed by atoms with Crippen molar-refractivity contribution < 1.29 is 13.5 Å². The van der Waals surface area contributed by atoms with Gasteiger partial charge < -0.3 is 4.74 Å². The van der Waals surface area contributed by atoms with E-state index in [-0.39, 0.29) is 17.3 Å². The van der Waals surface area contributed by atoms with Gasteiger partial charge in [0, 0.05) is 0 Å².